The maximum atomic E-state index is 14.3. The molecule has 12 heteroatoms. The summed E-state index contributed by atoms with van der Waals surface area (Å²) in [4.78, 5) is 21.3. The SMILES string of the molecule is CN(Cc1cc(C(F)(F)F)cc(C(F)(F)F)c1)C1CC(C(=O)N2CCN(c3ccccc3F)CC2)N(Cc2ccccc2)C1. The Balaban J connectivity index is 1.32. The zero-order chi connectivity index (χ0) is 31.6. The van der Waals surface area contributed by atoms with Gasteiger partial charge in [0.1, 0.15) is 5.82 Å². The van der Waals surface area contributed by atoms with Crippen molar-refractivity contribution in [2.75, 3.05) is 44.7 Å². The van der Waals surface area contributed by atoms with Crippen LogP contribution < -0.4 is 4.90 Å². The van der Waals surface area contributed by atoms with Crippen LogP contribution in [0.4, 0.5) is 36.4 Å². The van der Waals surface area contributed by atoms with Crippen molar-refractivity contribution >= 4 is 11.6 Å². The molecule has 2 atom stereocenters. The summed E-state index contributed by atoms with van der Waals surface area (Å²) in [6.45, 7) is 2.41. The van der Waals surface area contributed by atoms with E-state index < -0.39 is 29.5 Å². The first-order chi connectivity index (χ1) is 20.8. The molecule has 2 fully saturated rings. The Hall–Kier alpha value is -3.64. The van der Waals surface area contributed by atoms with Gasteiger partial charge in [0, 0.05) is 51.9 Å². The Kier molecular flexibility index (Phi) is 9.22. The maximum Gasteiger partial charge on any atom is 0.416 e. The molecule has 2 aliphatic heterocycles. The number of halogens is 7. The first kappa shape index (κ1) is 31.8. The molecule has 236 valence electrons. The summed E-state index contributed by atoms with van der Waals surface area (Å²) >= 11 is 0. The third kappa shape index (κ3) is 7.35. The number of nitrogens with zero attached hydrogens (tertiary/aromatic N) is 4. The van der Waals surface area contributed by atoms with Crippen LogP contribution in [0.2, 0.25) is 0 Å². The van der Waals surface area contributed by atoms with Crippen molar-refractivity contribution in [1.29, 1.82) is 0 Å². The number of likely N-dealkylation sites (N-methyl/N-ethyl adjacent to an activating group) is 1. The van der Waals surface area contributed by atoms with E-state index in [1.54, 1.807) is 35.0 Å². The van der Waals surface area contributed by atoms with E-state index in [0.717, 1.165) is 17.7 Å². The topological polar surface area (TPSA) is 30.0 Å². The predicted octanol–water partition coefficient (Wildman–Crippen LogP) is 6.29. The molecule has 0 N–H and O–H groups in total. The number of para-hydroxylation sites is 1. The lowest BCUT2D eigenvalue weighted by atomic mass is 10.0. The summed E-state index contributed by atoms with van der Waals surface area (Å²) in [5.41, 5.74) is -1.35. The Morgan fingerprint density at radius 2 is 1.41 bits per heavy atom. The van der Waals surface area contributed by atoms with Crippen LogP contribution >= 0.6 is 0 Å². The molecule has 3 aromatic carbocycles. The number of carbonyl (C=O) groups is 1. The van der Waals surface area contributed by atoms with E-state index >= 15 is 0 Å². The number of carbonyl (C=O) groups excluding carboxylic acids is 1. The summed E-state index contributed by atoms with van der Waals surface area (Å²) in [7, 11) is 1.65. The minimum atomic E-state index is -4.93. The molecular weight excluding hydrogens is 589 g/mol. The number of hydrogen-bond donors (Lipinski definition) is 0. The molecule has 2 saturated heterocycles. The summed E-state index contributed by atoms with van der Waals surface area (Å²) in [6.07, 6.45) is -9.49. The molecule has 5 nitrogen and oxygen atoms in total. The first-order valence-electron chi connectivity index (χ1n) is 14.3. The first-order valence-corrected chi connectivity index (χ1v) is 14.3. The zero-order valence-electron chi connectivity index (χ0n) is 24.1. The second-order valence-electron chi connectivity index (χ2n) is 11.4. The van der Waals surface area contributed by atoms with Crippen LogP contribution in [-0.4, -0.2) is 72.5 Å². The molecule has 2 heterocycles. The van der Waals surface area contributed by atoms with Gasteiger partial charge in [-0.05, 0) is 54.9 Å². The number of alkyl halides is 6. The number of anilines is 1. The Morgan fingerprint density at radius 1 is 0.818 bits per heavy atom. The number of likely N-dealkylation sites (tertiary alicyclic amines) is 1. The Bertz CT molecular complexity index is 1410. The summed E-state index contributed by atoms with van der Waals surface area (Å²) in [5, 5.41) is 0. The van der Waals surface area contributed by atoms with Crippen molar-refractivity contribution in [3.05, 3.63) is 101 Å². The van der Waals surface area contributed by atoms with Gasteiger partial charge in [-0.15, -0.1) is 0 Å². The fourth-order valence-electron chi connectivity index (χ4n) is 6.06. The third-order valence-corrected chi connectivity index (χ3v) is 8.38. The predicted molar refractivity (Wildman–Crippen MR) is 152 cm³/mol. The zero-order valence-corrected chi connectivity index (χ0v) is 24.1. The molecule has 0 spiro atoms. The number of benzene rings is 3. The second-order valence-corrected chi connectivity index (χ2v) is 11.4. The number of hydrogen-bond acceptors (Lipinski definition) is 4. The van der Waals surface area contributed by atoms with Crippen molar-refractivity contribution < 1.29 is 35.5 Å². The van der Waals surface area contributed by atoms with Gasteiger partial charge in [-0.1, -0.05) is 42.5 Å². The molecule has 5 rings (SSSR count). The molecule has 2 aliphatic rings. The highest BCUT2D eigenvalue weighted by molar-refractivity contribution is 5.82. The van der Waals surface area contributed by atoms with Gasteiger partial charge in [-0.3, -0.25) is 14.6 Å². The fraction of sp³-hybridized carbons (Fsp3) is 0.406. The monoisotopic (exact) mass is 622 g/mol. The molecular formula is C32H33F7N4O. The van der Waals surface area contributed by atoms with Gasteiger partial charge in [0.15, 0.2) is 0 Å². The highest BCUT2D eigenvalue weighted by atomic mass is 19.4. The molecule has 0 radical (unpaired) electrons. The second kappa shape index (κ2) is 12.8. The van der Waals surface area contributed by atoms with Crippen LogP contribution in [0.15, 0.2) is 72.8 Å². The molecule has 0 aromatic heterocycles. The summed E-state index contributed by atoms with van der Waals surface area (Å²) < 4.78 is 95.0. The highest BCUT2D eigenvalue weighted by Crippen LogP contribution is 2.37. The van der Waals surface area contributed by atoms with Crippen molar-refractivity contribution in [1.82, 2.24) is 14.7 Å². The van der Waals surface area contributed by atoms with Crippen LogP contribution in [0.3, 0.4) is 0 Å². The van der Waals surface area contributed by atoms with Crippen molar-refractivity contribution in [3.8, 4) is 0 Å². The minimum Gasteiger partial charge on any atom is -0.366 e. The molecule has 0 aliphatic carbocycles. The quantitative estimate of drug-likeness (QED) is 0.290. The summed E-state index contributed by atoms with van der Waals surface area (Å²) in [6, 6.07) is 16.8. The average molecular weight is 623 g/mol. The average Bonchev–Trinajstić information content (AvgIpc) is 3.40. The standard InChI is InChI=1S/C32H33F7N4O/c1-40(19-23-15-24(31(34,35)36)17-25(16-23)32(37,38)39)26-18-29(43(21-26)20-22-7-3-2-4-8-22)30(44)42-13-11-41(12-14-42)28-10-6-5-9-27(28)33/h2-10,15-17,26,29H,11-14,18-21H2,1H3. The number of amides is 1. The lowest BCUT2D eigenvalue weighted by Gasteiger charge is -2.38. The summed E-state index contributed by atoms with van der Waals surface area (Å²) in [5.74, 6) is -0.422. The van der Waals surface area contributed by atoms with E-state index in [2.05, 4.69) is 0 Å². The van der Waals surface area contributed by atoms with Crippen LogP contribution in [0.1, 0.15) is 28.7 Å². The van der Waals surface area contributed by atoms with Crippen LogP contribution in [0.5, 0.6) is 0 Å². The van der Waals surface area contributed by atoms with E-state index in [0.29, 0.717) is 51.4 Å². The number of piperazine rings is 1. The Morgan fingerprint density at radius 3 is 2.00 bits per heavy atom. The van der Waals surface area contributed by atoms with Crippen molar-refractivity contribution in [3.63, 3.8) is 0 Å². The smallest absolute Gasteiger partial charge is 0.366 e. The van der Waals surface area contributed by atoms with Gasteiger partial charge in [0.05, 0.1) is 22.9 Å². The molecule has 1 amide bonds. The van der Waals surface area contributed by atoms with Crippen LogP contribution in [0.25, 0.3) is 0 Å². The van der Waals surface area contributed by atoms with E-state index in [-0.39, 0.29) is 35.9 Å². The van der Waals surface area contributed by atoms with Gasteiger partial charge in [-0.2, -0.15) is 26.3 Å². The highest BCUT2D eigenvalue weighted by Gasteiger charge is 2.41. The van der Waals surface area contributed by atoms with Gasteiger partial charge in [0.2, 0.25) is 5.91 Å². The maximum absolute atomic E-state index is 14.3. The van der Waals surface area contributed by atoms with Gasteiger partial charge < -0.3 is 9.80 Å². The lowest BCUT2D eigenvalue weighted by Crippen LogP contribution is -2.53. The van der Waals surface area contributed by atoms with Crippen molar-refractivity contribution in [2.24, 2.45) is 0 Å². The number of rotatable bonds is 7. The fourth-order valence-corrected chi connectivity index (χ4v) is 6.06. The molecule has 0 saturated carbocycles. The van der Waals surface area contributed by atoms with Crippen LogP contribution in [-0.2, 0) is 30.2 Å². The Labute approximate surface area is 251 Å². The van der Waals surface area contributed by atoms with E-state index in [1.165, 1.54) is 6.07 Å². The molecule has 2 unspecified atom stereocenters. The normalized spacial score (nSPS) is 20.0. The minimum absolute atomic E-state index is 0.0940. The van der Waals surface area contributed by atoms with Crippen molar-refractivity contribution in [2.45, 2.75) is 43.9 Å². The third-order valence-electron chi connectivity index (χ3n) is 8.38. The van der Waals surface area contributed by atoms with Gasteiger partial charge in [-0.25, -0.2) is 4.39 Å². The van der Waals surface area contributed by atoms with E-state index in [1.807, 2.05) is 40.1 Å². The van der Waals surface area contributed by atoms with E-state index in [9.17, 15) is 35.5 Å². The molecule has 3 aromatic rings. The van der Waals surface area contributed by atoms with E-state index in [4.69, 9.17) is 0 Å². The lowest BCUT2D eigenvalue weighted by molar-refractivity contribution is -0.143. The molecule has 44 heavy (non-hydrogen) atoms. The van der Waals surface area contributed by atoms with Crippen LogP contribution in [0, 0.1) is 5.82 Å². The molecule has 0 bridgehead atoms. The van der Waals surface area contributed by atoms with Gasteiger partial charge >= 0.3 is 12.4 Å². The van der Waals surface area contributed by atoms with Gasteiger partial charge in [0.25, 0.3) is 0 Å². The largest absolute Gasteiger partial charge is 0.416 e.